The number of hydrogen-bond acceptors (Lipinski definition) is 7. The van der Waals surface area contributed by atoms with Gasteiger partial charge in [0, 0.05) is 13.0 Å². The molecule has 0 rings (SSSR count). The van der Waals surface area contributed by atoms with Crippen molar-refractivity contribution in [1.82, 2.24) is 0 Å². The van der Waals surface area contributed by atoms with E-state index in [1.807, 2.05) is 21.1 Å². The Balaban J connectivity index is 4.39. The molecule has 55 heavy (non-hydrogen) atoms. The summed E-state index contributed by atoms with van der Waals surface area (Å²) in [5.74, 6) is -0.379. The van der Waals surface area contributed by atoms with Crippen LogP contribution in [0, 0.1) is 0 Å². The van der Waals surface area contributed by atoms with Crippen LogP contribution in [-0.4, -0.2) is 70.7 Å². The summed E-state index contributed by atoms with van der Waals surface area (Å²) < 4.78 is 34.5. The molecule has 2 atom stereocenters. The normalized spacial score (nSPS) is 14.8. The Morgan fingerprint density at radius 3 is 1.47 bits per heavy atom. The summed E-state index contributed by atoms with van der Waals surface area (Å²) in [5, 5.41) is 0. The number of nitrogens with zero attached hydrogens (tertiary/aromatic N) is 1. The fourth-order valence-corrected chi connectivity index (χ4v) is 5.67. The van der Waals surface area contributed by atoms with Gasteiger partial charge in [-0.05, 0) is 89.9 Å². The number of unbranched alkanes of at least 4 members (excludes halogenated alkanes) is 7. The number of likely N-dealkylation sites (N-methyl/N-ethyl adjacent to an activating group) is 1. The average Bonchev–Trinajstić information content (AvgIpc) is 3.13. The van der Waals surface area contributed by atoms with Crippen LogP contribution in [0.1, 0.15) is 129 Å². The van der Waals surface area contributed by atoms with Crippen molar-refractivity contribution in [1.29, 1.82) is 0 Å². The minimum absolute atomic E-state index is 0.00857. The van der Waals surface area contributed by atoms with Gasteiger partial charge in [-0.3, -0.25) is 9.36 Å². The molecule has 0 bridgehead atoms. The van der Waals surface area contributed by atoms with Crippen LogP contribution in [0.4, 0.5) is 0 Å². The van der Waals surface area contributed by atoms with Crippen molar-refractivity contribution in [2.24, 2.45) is 0 Å². The van der Waals surface area contributed by atoms with E-state index in [4.69, 9.17) is 18.5 Å². The summed E-state index contributed by atoms with van der Waals surface area (Å²) in [4.78, 5) is 25.0. The Labute approximate surface area is 337 Å². The number of hydrogen-bond donors (Lipinski definition) is 0. The van der Waals surface area contributed by atoms with Gasteiger partial charge < -0.3 is 27.9 Å². The van der Waals surface area contributed by atoms with Crippen molar-refractivity contribution in [2.45, 2.75) is 136 Å². The third-order valence-electron chi connectivity index (χ3n) is 8.13. The van der Waals surface area contributed by atoms with Gasteiger partial charge >= 0.3 is 5.97 Å². The lowest BCUT2D eigenvalue weighted by Gasteiger charge is -2.28. The molecule has 0 amide bonds. The Kier molecular flexibility index (Phi) is 36.5. The topological polar surface area (TPSA) is 94.1 Å². The molecule has 8 nitrogen and oxygen atoms in total. The van der Waals surface area contributed by atoms with Gasteiger partial charge in [-0.2, -0.15) is 0 Å². The second kappa shape index (κ2) is 38.3. The van der Waals surface area contributed by atoms with Crippen LogP contribution in [0.2, 0.25) is 0 Å². The smallest absolute Gasteiger partial charge is 0.306 e. The molecule has 314 valence electrons. The van der Waals surface area contributed by atoms with Crippen molar-refractivity contribution in [2.75, 3.05) is 54.1 Å². The summed E-state index contributed by atoms with van der Waals surface area (Å²) in [6, 6.07) is 0. The average molecular weight is 788 g/mol. The molecule has 0 radical (unpaired) electrons. The minimum atomic E-state index is -4.55. The van der Waals surface area contributed by atoms with Crippen molar-refractivity contribution in [3.63, 3.8) is 0 Å². The SMILES string of the molecule is CC/C=C\C/C=C\C/C=C\C/C=C\C/C=C\CCCCCC(=O)OC(COCCCCCC/C=C\C/C=C\C/C=C\CC)COP(=O)([O-])OCC[N+](C)(C)C. The number of esters is 1. The molecule has 9 heteroatoms. The van der Waals surface area contributed by atoms with Crippen molar-refractivity contribution < 1.29 is 37.3 Å². The Bertz CT molecular complexity index is 1190. The number of rotatable bonds is 37. The summed E-state index contributed by atoms with van der Waals surface area (Å²) >= 11 is 0. The minimum Gasteiger partial charge on any atom is -0.756 e. The van der Waals surface area contributed by atoms with Crippen LogP contribution in [0.15, 0.2) is 97.2 Å². The molecular weight excluding hydrogens is 709 g/mol. The Hall–Kier alpha value is -2.58. The van der Waals surface area contributed by atoms with Crippen molar-refractivity contribution in [3.05, 3.63) is 97.2 Å². The van der Waals surface area contributed by atoms with E-state index >= 15 is 0 Å². The molecule has 0 aromatic heterocycles. The highest BCUT2D eigenvalue weighted by molar-refractivity contribution is 7.45. The summed E-state index contributed by atoms with van der Waals surface area (Å²) in [7, 11) is 1.30. The van der Waals surface area contributed by atoms with E-state index in [-0.39, 0.29) is 32.2 Å². The number of quaternary nitrogens is 1. The van der Waals surface area contributed by atoms with Crippen LogP contribution < -0.4 is 4.89 Å². The summed E-state index contributed by atoms with van der Waals surface area (Å²) in [6.07, 6.45) is 51.4. The van der Waals surface area contributed by atoms with E-state index in [0.29, 0.717) is 24.1 Å². The van der Waals surface area contributed by atoms with Gasteiger partial charge in [-0.25, -0.2) is 0 Å². The third-order valence-corrected chi connectivity index (χ3v) is 9.09. The lowest BCUT2D eigenvalue weighted by atomic mass is 10.1. The van der Waals surface area contributed by atoms with Gasteiger partial charge in [0.15, 0.2) is 0 Å². The van der Waals surface area contributed by atoms with Gasteiger partial charge in [0.25, 0.3) is 7.82 Å². The molecule has 0 heterocycles. The molecule has 0 aliphatic rings. The van der Waals surface area contributed by atoms with Gasteiger partial charge in [-0.15, -0.1) is 0 Å². The summed E-state index contributed by atoms with van der Waals surface area (Å²) in [6.45, 7) is 5.04. The van der Waals surface area contributed by atoms with Crippen LogP contribution >= 0.6 is 7.82 Å². The first-order valence-corrected chi connectivity index (χ1v) is 22.4. The van der Waals surface area contributed by atoms with Crippen molar-refractivity contribution >= 4 is 13.8 Å². The van der Waals surface area contributed by atoms with Gasteiger partial charge in [0.1, 0.15) is 19.3 Å². The van der Waals surface area contributed by atoms with Crippen LogP contribution in [0.3, 0.4) is 0 Å². The second-order valence-corrected chi connectivity index (χ2v) is 16.0. The van der Waals surface area contributed by atoms with Crippen LogP contribution in [0.5, 0.6) is 0 Å². The van der Waals surface area contributed by atoms with E-state index in [1.54, 1.807) is 0 Å². The molecule has 0 aliphatic carbocycles. The molecule has 0 spiro atoms. The van der Waals surface area contributed by atoms with E-state index in [2.05, 4.69) is 111 Å². The lowest BCUT2D eigenvalue weighted by molar-refractivity contribution is -0.870. The van der Waals surface area contributed by atoms with E-state index in [9.17, 15) is 14.3 Å². The molecule has 0 aliphatic heterocycles. The maximum atomic E-state index is 12.7. The predicted octanol–water partition coefficient (Wildman–Crippen LogP) is 11.6. The first kappa shape index (κ1) is 52.4. The standard InChI is InChI=1S/C46H78NO7P/c1-6-8-10-12-14-16-18-20-22-23-24-25-26-27-29-31-33-35-37-39-46(48)54-45(44-53-55(49,50)52-42-40-47(3,4)5)43-51-41-38-36-34-32-30-28-21-19-17-15-13-11-9-7-2/h8-11,14-17,20-22,24-25,27-29,45H,6-7,12-13,18-19,23,26,30-44H2,1-5H3/b10-8-,11-9-,16-14-,17-15-,22-20-,25-24-,28-21-,29-27-. The maximum Gasteiger partial charge on any atom is 0.306 e. The number of phosphoric acid groups is 1. The highest BCUT2D eigenvalue weighted by Crippen LogP contribution is 2.38. The quantitative estimate of drug-likeness (QED) is 0.0203. The molecule has 0 N–H and O–H groups in total. The van der Waals surface area contributed by atoms with E-state index in [1.165, 1.54) is 0 Å². The van der Waals surface area contributed by atoms with E-state index in [0.717, 1.165) is 103 Å². The molecule has 0 aromatic carbocycles. The molecular formula is C46H78NO7P. The Morgan fingerprint density at radius 1 is 0.564 bits per heavy atom. The molecule has 2 unspecified atom stereocenters. The highest BCUT2D eigenvalue weighted by atomic mass is 31.2. The largest absolute Gasteiger partial charge is 0.756 e. The maximum absolute atomic E-state index is 12.7. The van der Waals surface area contributed by atoms with Crippen LogP contribution in [-0.2, 0) is 27.9 Å². The predicted molar refractivity (Wildman–Crippen MR) is 231 cm³/mol. The van der Waals surface area contributed by atoms with Gasteiger partial charge in [-0.1, -0.05) is 130 Å². The molecule has 0 saturated carbocycles. The Morgan fingerprint density at radius 2 is 1.00 bits per heavy atom. The number of carbonyl (C=O) groups is 1. The number of carbonyl (C=O) groups excluding carboxylic acids is 1. The second-order valence-electron chi connectivity index (χ2n) is 14.6. The fraction of sp³-hybridized carbons (Fsp3) is 0.630. The van der Waals surface area contributed by atoms with Gasteiger partial charge in [0.05, 0.1) is 34.4 Å². The third kappa shape index (κ3) is 42.4. The highest BCUT2D eigenvalue weighted by Gasteiger charge is 2.20. The zero-order valence-corrected chi connectivity index (χ0v) is 36.2. The number of phosphoric ester groups is 1. The number of ether oxygens (including phenoxy) is 2. The monoisotopic (exact) mass is 788 g/mol. The lowest BCUT2D eigenvalue weighted by Crippen LogP contribution is -2.37. The zero-order chi connectivity index (χ0) is 40.6. The van der Waals surface area contributed by atoms with Crippen LogP contribution in [0.25, 0.3) is 0 Å². The molecule has 0 saturated heterocycles. The molecule has 0 aromatic rings. The van der Waals surface area contributed by atoms with E-state index < -0.39 is 13.9 Å². The first-order chi connectivity index (χ1) is 26.6. The summed E-state index contributed by atoms with van der Waals surface area (Å²) in [5.41, 5.74) is 0. The van der Waals surface area contributed by atoms with Crippen molar-refractivity contribution in [3.8, 4) is 0 Å². The molecule has 0 fully saturated rings. The van der Waals surface area contributed by atoms with Gasteiger partial charge in [0.2, 0.25) is 0 Å². The fourth-order valence-electron chi connectivity index (χ4n) is 4.94. The zero-order valence-electron chi connectivity index (χ0n) is 35.3. The number of allylic oxidation sites excluding steroid dienone is 16. The first-order valence-electron chi connectivity index (χ1n) is 21.0.